The van der Waals surface area contributed by atoms with E-state index in [-0.39, 0.29) is 0 Å². The van der Waals surface area contributed by atoms with Crippen LogP contribution >= 0.6 is 0 Å². The Labute approximate surface area is 99.6 Å². The highest BCUT2D eigenvalue weighted by Crippen LogP contribution is 2.34. The molecule has 1 amide bonds. The van der Waals surface area contributed by atoms with Gasteiger partial charge in [-0.15, -0.1) is 0 Å². The molecule has 0 unspecified atom stereocenters. The Hall–Kier alpha value is -0.570. The number of piperidine rings is 1. The zero-order valence-electron chi connectivity index (χ0n) is 11.0. The van der Waals surface area contributed by atoms with Crippen LogP contribution in [0.15, 0.2) is 0 Å². The molecule has 1 rings (SSSR count). The number of carbonyl (C=O) groups is 1. The monoisotopic (exact) mass is 226 g/mol. The van der Waals surface area contributed by atoms with Crippen molar-refractivity contribution in [3.63, 3.8) is 0 Å². The van der Waals surface area contributed by atoms with E-state index in [4.69, 9.17) is 0 Å². The van der Waals surface area contributed by atoms with Crippen LogP contribution in [0.1, 0.15) is 46.5 Å². The van der Waals surface area contributed by atoms with Gasteiger partial charge in [-0.05, 0) is 37.8 Å². The molecule has 1 aliphatic rings. The van der Waals surface area contributed by atoms with E-state index in [9.17, 15) is 4.79 Å². The summed E-state index contributed by atoms with van der Waals surface area (Å²) < 4.78 is 0. The smallest absolute Gasteiger partial charge is 0.222 e. The molecule has 1 heterocycles. The molecule has 0 aliphatic carbocycles. The van der Waals surface area contributed by atoms with Gasteiger partial charge in [-0.3, -0.25) is 4.79 Å². The molecule has 0 saturated carbocycles. The van der Waals surface area contributed by atoms with Crippen molar-refractivity contribution in [2.45, 2.75) is 46.5 Å². The number of hydrogen-bond donors (Lipinski definition) is 1. The quantitative estimate of drug-likeness (QED) is 0.727. The molecular weight excluding hydrogens is 200 g/mol. The second kappa shape index (κ2) is 6.24. The van der Waals surface area contributed by atoms with Crippen molar-refractivity contribution in [2.75, 3.05) is 26.2 Å². The first kappa shape index (κ1) is 13.5. The molecular formula is C13H26N2O. The van der Waals surface area contributed by atoms with Crippen LogP contribution in [0.3, 0.4) is 0 Å². The summed E-state index contributed by atoms with van der Waals surface area (Å²) in [6, 6.07) is 0. The lowest BCUT2D eigenvalue weighted by Crippen LogP contribution is -2.42. The van der Waals surface area contributed by atoms with Crippen molar-refractivity contribution >= 4 is 5.91 Å². The minimum absolute atomic E-state index is 0.314. The SMILES string of the molecule is CCNCCC1(C)CCN(C(=O)CC)CC1. The van der Waals surface area contributed by atoms with Gasteiger partial charge in [0.15, 0.2) is 0 Å². The third-order valence-corrected chi connectivity index (χ3v) is 3.78. The van der Waals surface area contributed by atoms with Crippen LogP contribution < -0.4 is 5.32 Å². The average molecular weight is 226 g/mol. The Morgan fingerprint density at radius 2 is 1.94 bits per heavy atom. The summed E-state index contributed by atoms with van der Waals surface area (Å²) in [6.07, 6.45) is 4.19. The lowest BCUT2D eigenvalue weighted by molar-refractivity contribution is -0.133. The van der Waals surface area contributed by atoms with Gasteiger partial charge in [-0.1, -0.05) is 20.8 Å². The summed E-state index contributed by atoms with van der Waals surface area (Å²) >= 11 is 0. The minimum atomic E-state index is 0.314. The maximum atomic E-state index is 11.6. The third-order valence-electron chi connectivity index (χ3n) is 3.78. The van der Waals surface area contributed by atoms with Crippen molar-refractivity contribution < 1.29 is 4.79 Å². The van der Waals surface area contributed by atoms with E-state index in [1.54, 1.807) is 0 Å². The molecule has 1 aliphatic heterocycles. The van der Waals surface area contributed by atoms with Gasteiger partial charge in [-0.25, -0.2) is 0 Å². The molecule has 1 N–H and O–H groups in total. The van der Waals surface area contributed by atoms with Gasteiger partial charge in [0.2, 0.25) is 5.91 Å². The summed E-state index contributed by atoms with van der Waals surface area (Å²) in [7, 11) is 0. The standard InChI is InChI=1S/C13H26N2O/c1-4-12(16)15-10-7-13(3,8-11-15)6-9-14-5-2/h14H,4-11H2,1-3H3. The average Bonchev–Trinajstić information content (AvgIpc) is 2.29. The number of carbonyl (C=O) groups excluding carboxylic acids is 1. The molecule has 0 spiro atoms. The Morgan fingerprint density at radius 3 is 2.44 bits per heavy atom. The summed E-state index contributed by atoms with van der Waals surface area (Å²) in [5.41, 5.74) is 0.437. The molecule has 3 nitrogen and oxygen atoms in total. The van der Waals surface area contributed by atoms with Crippen molar-refractivity contribution in [2.24, 2.45) is 5.41 Å². The van der Waals surface area contributed by atoms with Gasteiger partial charge in [-0.2, -0.15) is 0 Å². The maximum Gasteiger partial charge on any atom is 0.222 e. The van der Waals surface area contributed by atoms with Crippen LogP contribution in [0.4, 0.5) is 0 Å². The van der Waals surface area contributed by atoms with E-state index in [1.807, 2.05) is 11.8 Å². The Balaban J connectivity index is 2.32. The Bertz CT molecular complexity index is 220. The molecule has 3 heteroatoms. The highest BCUT2D eigenvalue weighted by molar-refractivity contribution is 5.75. The first-order valence-corrected chi connectivity index (χ1v) is 6.60. The number of nitrogens with one attached hydrogen (secondary N) is 1. The molecule has 1 saturated heterocycles. The topological polar surface area (TPSA) is 32.3 Å². The second-order valence-electron chi connectivity index (χ2n) is 5.15. The molecule has 1 fully saturated rings. The lowest BCUT2D eigenvalue weighted by atomic mass is 9.77. The fourth-order valence-electron chi connectivity index (χ4n) is 2.34. The maximum absolute atomic E-state index is 11.6. The zero-order chi connectivity index (χ0) is 12.0. The fraction of sp³-hybridized carbons (Fsp3) is 0.923. The summed E-state index contributed by atoms with van der Waals surface area (Å²) in [6.45, 7) is 10.5. The molecule has 0 aromatic carbocycles. The van der Waals surface area contributed by atoms with Gasteiger partial charge in [0.25, 0.3) is 0 Å². The van der Waals surface area contributed by atoms with Crippen molar-refractivity contribution in [3.8, 4) is 0 Å². The van der Waals surface area contributed by atoms with E-state index in [0.29, 0.717) is 17.7 Å². The minimum Gasteiger partial charge on any atom is -0.343 e. The van der Waals surface area contributed by atoms with Crippen LogP contribution in [0.5, 0.6) is 0 Å². The second-order valence-corrected chi connectivity index (χ2v) is 5.15. The van der Waals surface area contributed by atoms with Crippen LogP contribution in [-0.2, 0) is 4.79 Å². The molecule has 94 valence electrons. The van der Waals surface area contributed by atoms with E-state index >= 15 is 0 Å². The predicted octanol–water partition coefficient (Wildman–Crippen LogP) is 2.02. The van der Waals surface area contributed by atoms with Gasteiger partial charge >= 0.3 is 0 Å². The van der Waals surface area contributed by atoms with Gasteiger partial charge < -0.3 is 10.2 Å². The normalized spacial score (nSPS) is 19.8. The highest BCUT2D eigenvalue weighted by Gasteiger charge is 2.30. The Morgan fingerprint density at radius 1 is 1.31 bits per heavy atom. The fourth-order valence-corrected chi connectivity index (χ4v) is 2.34. The van der Waals surface area contributed by atoms with Crippen LogP contribution in [-0.4, -0.2) is 37.0 Å². The number of rotatable bonds is 5. The molecule has 0 atom stereocenters. The van der Waals surface area contributed by atoms with Crippen LogP contribution in [0.2, 0.25) is 0 Å². The molecule has 0 aromatic heterocycles. The highest BCUT2D eigenvalue weighted by atomic mass is 16.2. The summed E-state index contributed by atoms with van der Waals surface area (Å²) in [4.78, 5) is 13.6. The van der Waals surface area contributed by atoms with Crippen LogP contribution in [0, 0.1) is 5.41 Å². The summed E-state index contributed by atoms with van der Waals surface area (Å²) in [5, 5.41) is 3.39. The van der Waals surface area contributed by atoms with E-state index < -0.39 is 0 Å². The molecule has 16 heavy (non-hydrogen) atoms. The number of likely N-dealkylation sites (tertiary alicyclic amines) is 1. The van der Waals surface area contributed by atoms with E-state index in [0.717, 1.165) is 39.0 Å². The molecule has 0 radical (unpaired) electrons. The van der Waals surface area contributed by atoms with Gasteiger partial charge in [0.1, 0.15) is 0 Å². The zero-order valence-corrected chi connectivity index (χ0v) is 11.0. The number of nitrogens with zero attached hydrogens (tertiary/aromatic N) is 1. The predicted molar refractivity (Wildman–Crippen MR) is 67.4 cm³/mol. The van der Waals surface area contributed by atoms with Crippen molar-refractivity contribution in [1.29, 1.82) is 0 Å². The number of hydrogen-bond acceptors (Lipinski definition) is 2. The van der Waals surface area contributed by atoms with Gasteiger partial charge in [0, 0.05) is 19.5 Å². The summed E-state index contributed by atoms with van der Waals surface area (Å²) in [5.74, 6) is 0.314. The van der Waals surface area contributed by atoms with Crippen LogP contribution in [0.25, 0.3) is 0 Å². The van der Waals surface area contributed by atoms with E-state index in [2.05, 4.69) is 19.2 Å². The van der Waals surface area contributed by atoms with Crippen molar-refractivity contribution in [3.05, 3.63) is 0 Å². The lowest BCUT2D eigenvalue weighted by Gasteiger charge is -2.39. The van der Waals surface area contributed by atoms with Gasteiger partial charge in [0.05, 0.1) is 0 Å². The van der Waals surface area contributed by atoms with Crippen molar-refractivity contribution in [1.82, 2.24) is 10.2 Å². The first-order chi connectivity index (χ1) is 7.61. The molecule has 0 bridgehead atoms. The van der Waals surface area contributed by atoms with E-state index in [1.165, 1.54) is 6.42 Å². The number of amides is 1. The molecule has 0 aromatic rings. The largest absolute Gasteiger partial charge is 0.343 e. The third kappa shape index (κ3) is 3.78. The first-order valence-electron chi connectivity index (χ1n) is 6.60. The Kier molecular flexibility index (Phi) is 5.26.